The molecule has 2 aromatic heterocycles. The Hall–Kier alpha value is -2.86. The molecule has 2 heterocycles. The van der Waals surface area contributed by atoms with Crippen molar-refractivity contribution in [3.8, 4) is 5.75 Å². The molecule has 1 aliphatic carbocycles. The van der Waals surface area contributed by atoms with E-state index in [1.54, 1.807) is 23.9 Å². The van der Waals surface area contributed by atoms with Crippen LogP contribution in [0.4, 0.5) is 0 Å². The van der Waals surface area contributed by atoms with Crippen molar-refractivity contribution in [1.82, 2.24) is 14.9 Å². The van der Waals surface area contributed by atoms with Crippen LogP contribution >= 0.6 is 0 Å². The van der Waals surface area contributed by atoms with Gasteiger partial charge in [-0.15, -0.1) is 0 Å². The molecule has 0 bridgehead atoms. The molecule has 4 rings (SSSR count). The van der Waals surface area contributed by atoms with Crippen molar-refractivity contribution < 1.29 is 14.6 Å². The minimum absolute atomic E-state index is 0.121. The van der Waals surface area contributed by atoms with Crippen molar-refractivity contribution in [2.75, 3.05) is 13.7 Å². The van der Waals surface area contributed by atoms with E-state index in [9.17, 15) is 9.90 Å². The molecule has 1 amide bonds. The van der Waals surface area contributed by atoms with Crippen LogP contribution in [0.1, 0.15) is 21.5 Å². The summed E-state index contributed by atoms with van der Waals surface area (Å²) in [5, 5.41) is 17.3. The van der Waals surface area contributed by atoms with E-state index in [2.05, 4.69) is 10.4 Å². The number of aliphatic hydroxyl groups excluding tert-OH is 1. The van der Waals surface area contributed by atoms with Gasteiger partial charge in [-0.3, -0.25) is 4.79 Å². The number of nitrogens with one attached hydrogen (secondary N) is 1. The van der Waals surface area contributed by atoms with Crippen molar-refractivity contribution >= 4 is 11.4 Å². The van der Waals surface area contributed by atoms with Crippen LogP contribution in [0, 0.1) is 0 Å². The van der Waals surface area contributed by atoms with Gasteiger partial charge in [-0.2, -0.15) is 5.10 Å². The Morgan fingerprint density at radius 3 is 2.64 bits per heavy atom. The SMILES string of the molecule is COc1cccn2ncc(C(=O)NC3(CO)Cc4ccccc4C3)c12. The Kier molecular flexibility index (Phi) is 3.69. The summed E-state index contributed by atoms with van der Waals surface area (Å²) in [4.78, 5) is 12.9. The average Bonchev–Trinajstić information content (AvgIpc) is 3.22. The van der Waals surface area contributed by atoms with E-state index in [-0.39, 0.29) is 12.5 Å². The number of rotatable bonds is 4. The molecular formula is C19H19N3O3. The standard InChI is InChI=1S/C19H19N3O3/c1-25-16-7-4-8-22-17(16)15(11-20-22)18(24)21-19(12-23)9-13-5-2-3-6-14(13)10-19/h2-8,11,23H,9-10,12H2,1H3,(H,21,24). The Morgan fingerprint density at radius 1 is 1.28 bits per heavy atom. The molecule has 0 aliphatic heterocycles. The number of methoxy groups -OCH3 is 1. The van der Waals surface area contributed by atoms with Crippen LogP contribution < -0.4 is 10.1 Å². The monoisotopic (exact) mass is 337 g/mol. The highest BCUT2D eigenvalue weighted by molar-refractivity contribution is 6.02. The lowest BCUT2D eigenvalue weighted by atomic mass is 9.96. The maximum Gasteiger partial charge on any atom is 0.255 e. The van der Waals surface area contributed by atoms with E-state index < -0.39 is 5.54 Å². The molecule has 0 radical (unpaired) electrons. The van der Waals surface area contributed by atoms with Crippen LogP contribution in [0.2, 0.25) is 0 Å². The number of hydrogen-bond acceptors (Lipinski definition) is 4. The number of amides is 1. The van der Waals surface area contributed by atoms with Crippen LogP contribution in [-0.2, 0) is 12.8 Å². The van der Waals surface area contributed by atoms with Crippen LogP contribution in [0.3, 0.4) is 0 Å². The molecule has 128 valence electrons. The molecule has 0 saturated heterocycles. The molecule has 1 aliphatic rings. The van der Waals surface area contributed by atoms with E-state index in [0.29, 0.717) is 29.7 Å². The number of fused-ring (bicyclic) bond motifs is 2. The molecule has 6 heteroatoms. The largest absolute Gasteiger partial charge is 0.494 e. The third kappa shape index (κ3) is 2.55. The molecule has 2 N–H and O–H groups in total. The highest BCUT2D eigenvalue weighted by atomic mass is 16.5. The summed E-state index contributed by atoms with van der Waals surface area (Å²) in [5.74, 6) is 0.319. The normalized spacial score (nSPS) is 15.1. The van der Waals surface area contributed by atoms with E-state index in [1.807, 2.05) is 30.3 Å². The van der Waals surface area contributed by atoms with E-state index >= 15 is 0 Å². The summed E-state index contributed by atoms with van der Waals surface area (Å²) >= 11 is 0. The van der Waals surface area contributed by atoms with Crippen LogP contribution in [-0.4, -0.2) is 39.9 Å². The molecular weight excluding hydrogens is 318 g/mol. The fourth-order valence-corrected chi connectivity index (χ4v) is 3.58. The Bertz CT molecular complexity index is 923. The molecule has 6 nitrogen and oxygen atoms in total. The van der Waals surface area contributed by atoms with Crippen molar-refractivity contribution in [1.29, 1.82) is 0 Å². The zero-order valence-corrected chi connectivity index (χ0v) is 13.9. The van der Waals surface area contributed by atoms with Gasteiger partial charge in [0, 0.05) is 6.20 Å². The summed E-state index contributed by atoms with van der Waals surface area (Å²) in [7, 11) is 1.56. The maximum atomic E-state index is 12.9. The van der Waals surface area contributed by atoms with Crippen molar-refractivity contribution in [3.63, 3.8) is 0 Å². The fraction of sp³-hybridized carbons (Fsp3) is 0.263. The van der Waals surface area contributed by atoms with Crippen molar-refractivity contribution in [2.24, 2.45) is 0 Å². The summed E-state index contributed by atoms with van der Waals surface area (Å²) < 4.78 is 6.97. The predicted molar refractivity (Wildman–Crippen MR) is 92.9 cm³/mol. The number of carbonyl (C=O) groups is 1. The van der Waals surface area contributed by atoms with Gasteiger partial charge in [0.2, 0.25) is 0 Å². The summed E-state index contributed by atoms with van der Waals surface area (Å²) in [6.45, 7) is -0.121. The van der Waals surface area contributed by atoms with Gasteiger partial charge in [-0.1, -0.05) is 24.3 Å². The summed E-state index contributed by atoms with van der Waals surface area (Å²) in [6.07, 6.45) is 4.52. The topological polar surface area (TPSA) is 75.9 Å². The molecule has 0 atom stereocenters. The molecule has 3 aromatic rings. The second-order valence-electron chi connectivity index (χ2n) is 6.44. The highest BCUT2D eigenvalue weighted by Crippen LogP contribution is 2.31. The predicted octanol–water partition coefficient (Wildman–Crippen LogP) is 1.60. The average molecular weight is 337 g/mol. The van der Waals surface area contributed by atoms with Gasteiger partial charge in [0.25, 0.3) is 5.91 Å². The Balaban J connectivity index is 1.66. The maximum absolute atomic E-state index is 12.9. The van der Waals surface area contributed by atoms with E-state index in [1.165, 1.54) is 6.20 Å². The molecule has 0 saturated carbocycles. The molecule has 0 fully saturated rings. The van der Waals surface area contributed by atoms with E-state index in [0.717, 1.165) is 11.1 Å². The first-order chi connectivity index (χ1) is 12.2. The van der Waals surface area contributed by atoms with Crippen LogP contribution in [0.15, 0.2) is 48.8 Å². The zero-order chi connectivity index (χ0) is 17.4. The van der Waals surface area contributed by atoms with Crippen LogP contribution in [0.5, 0.6) is 5.75 Å². The number of pyridine rings is 1. The third-order valence-corrected chi connectivity index (χ3v) is 4.83. The molecule has 0 unspecified atom stereocenters. The lowest BCUT2D eigenvalue weighted by molar-refractivity contribution is 0.0844. The number of benzene rings is 1. The Labute approximate surface area is 145 Å². The second-order valence-corrected chi connectivity index (χ2v) is 6.44. The first-order valence-electron chi connectivity index (χ1n) is 8.16. The number of aromatic nitrogens is 2. The van der Waals surface area contributed by atoms with Gasteiger partial charge in [-0.05, 0) is 36.1 Å². The first-order valence-corrected chi connectivity index (χ1v) is 8.16. The van der Waals surface area contributed by atoms with Gasteiger partial charge < -0.3 is 15.2 Å². The van der Waals surface area contributed by atoms with Gasteiger partial charge >= 0.3 is 0 Å². The third-order valence-electron chi connectivity index (χ3n) is 4.83. The lowest BCUT2D eigenvalue weighted by Crippen LogP contribution is -2.52. The van der Waals surface area contributed by atoms with Gasteiger partial charge in [-0.25, -0.2) is 4.52 Å². The smallest absolute Gasteiger partial charge is 0.255 e. The molecule has 0 spiro atoms. The van der Waals surface area contributed by atoms with Crippen molar-refractivity contribution in [2.45, 2.75) is 18.4 Å². The second kappa shape index (κ2) is 5.89. The van der Waals surface area contributed by atoms with Gasteiger partial charge in [0.15, 0.2) is 0 Å². The van der Waals surface area contributed by atoms with Gasteiger partial charge in [0.05, 0.1) is 31.0 Å². The molecule has 1 aromatic carbocycles. The number of carbonyl (C=O) groups excluding carboxylic acids is 1. The molecule has 25 heavy (non-hydrogen) atoms. The highest BCUT2D eigenvalue weighted by Gasteiger charge is 2.38. The van der Waals surface area contributed by atoms with Crippen LogP contribution in [0.25, 0.3) is 5.52 Å². The van der Waals surface area contributed by atoms with Crippen molar-refractivity contribution in [3.05, 3.63) is 65.5 Å². The minimum atomic E-state index is -0.683. The minimum Gasteiger partial charge on any atom is -0.494 e. The number of nitrogens with zero attached hydrogens (tertiary/aromatic N) is 2. The zero-order valence-electron chi connectivity index (χ0n) is 13.9. The summed E-state index contributed by atoms with van der Waals surface area (Å²) in [6, 6.07) is 11.6. The Morgan fingerprint density at radius 2 is 2.00 bits per heavy atom. The lowest BCUT2D eigenvalue weighted by Gasteiger charge is -2.28. The number of hydrogen-bond donors (Lipinski definition) is 2. The fourth-order valence-electron chi connectivity index (χ4n) is 3.58. The summed E-state index contributed by atoms with van der Waals surface area (Å²) in [5.41, 5.74) is 2.69. The number of ether oxygens (including phenoxy) is 1. The number of aliphatic hydroxyl groups is 1. The first kappa shape index (κ1) is 15.7. The van der Waals surface area contributed by atoms with E-state index in [4.69, 9.17) is 4.74 Å². The van der Waals surface area contributed by atoms with Gasteiger partial charge in [0.1, 0.15) is 11.3 Å². The quantitative estimate of drug-likeness (QED) is 0.758.